The maximum atomic E-state index is 12.6. The van der Waals surface area contributed by atoms with E-state index in [0.717, 1.165) is 38.6 Å². The maximum absolute atomic E-state index is 12.6. The van der Waals surface area contributed by atoms with Gasteiger partial charge in [-0.15, -0.1) is 0 Å². The number of urea groups is 1. The molecule has 0 aromatic heterocycles. The highest BCUT2D eigenvalue weighted by Gasteiger charge is 2.27. The number of amides is 4. The molecule has 0 aliphatic carbocycles. The van der Waals surface area contributed by atoms with Crippen LogP contribution in [0.3, 0.4) is 0 Å². The number of imide groups is 1. The normalized spacial score (nSPS) is 16.4. The summed E-state index contributed by atoms with van der Waals surface area (Å²) >= 11 is 0. The van der Waals surface area contributed by atoms with Crippen LogP contribution in [0, 0.1) is 0 Å². The zero-order valence-electron chi connectivity index (χ0n) is 14.1. The number of carbonyl (C=O) groups is 3. The van der Waals surface area contributed by atoms with Crippen molar-refractivity contribution in [3.63, 3.8) is 0 Å². The minimum absolute atomic E-state index is 0.0263. The van der Waals surface area contributed by atoms with E-state index in [1.54, 1.807) is 0 Å². The van der Waals surface area contributed by atoms with Crippen molar-refractivity contribution in [2.75, 3.05) is 19.6 Å². The van der Waals surface area contributed by atoms with Crippen LogP contribution < -0.4 is 5.32 Å². The van der Waals surface area contributed by atoms with Crippen molar-refractivity contribution in [1.82, 2.24) is 15.1 Å². The van der Waals surface area contributed by atoms with E-state index >= 15 is 0 Å². The number of unbranched alkanes of at least 4 members (excludes halogenated alkanes) is 2. The first-order valence-electron chi connectivity index (χ1n) is 8.37. The molecule has 4 amide bonds. The first-order chi connectivity index (χ1) is 10.5. The Kier molecular flexibility index (Phi) is 7.91. The van der Waals surface area contributed by atoms with Crippen LogP contribution >= 0.6 is 0 Å². The summed E-state index contributed by atoms with van der Waals surface area (Å²) < 4.78 is 0. The number of rotatable bonds is 9. The predicted octanol–water partition coefficient (Wildman–Crippen LogP) is 2.14. The molecule has 1 N–H and O–H groups in total. The molecule has 0 bridgehead atoms. The Bertz CT molecular complexity index is 398. The van der Waals surface area contributed by atoms with E-state index < -0.39 is 6.03 Å². The Morgan fingerprint density at radius 1 is 1.27 bits per heavy atom. The fraction of sp³-hybridized carbons (Fsp3) is 0.812. The number of nitrogens with zero attached hydrogens (tertiary/aromatic N) is 2. The van der Waals surface area contributed by atoms with Gasteiger partial charge >= 0.3 is 6.03 Å². The molecule has 1 aliphatic heterocycles. The monoisotopic (exact) mass is 311 g/mol. The summed E-state index contributed by atoms with van der Waals surface area (Å²) in [6, 6.07) is -0.273. The lowest BCUT2D eigenvalue weighted by Gasteiger charge is -2.33. The van der Waals surface area contributed by atoms with Crippen molar-refractivity contribution < 1.29 is 14.4 Å². The zero-order valence-corrected chi connectivity index (χ0v) is 14.1. The summed E-state index contributed by atoms with van der Waals surface area (Å²) in [5, 5.41) is 2.26. The Morgan fingerprint density at radius 3 is 2.59 bits per heavy atom. The standard InChI is InChI=1S/C16H29N3O3/c1-4-6-7-10-19(13(3)8-5-2)15(21)12-18-11-9-14(20)17-16(18)22/h13H,4-12H2,1-3H3,(H,17,20,22). The van der Waals surface area contributed by atoms with Gasteiger partial charge in [-0.2, -0.15) is 0 Å². The van der Waals surface area contributed by atoms with Crippen LogP contribution in [0.1, 0.15) is 59.3 Å². The summed E-state index contributed by atoms with van der Waals surface area (Å²) in [5.74, 6) is -0.297. The van der Waals surface area contributed by atoms with Gasteiger partial charge in [0, 0.05) is 25.6 Å². The predicted molar refractivity (Wildman–Crippen MR) is 85.3 cm³/mol. The van der Waals surface area contributed by atoms with Crippen LogP contribution in [0.4, 0.5) is 4.79 Å². The molecule has 6 heteroatoms. The van der Waals surface area contributed by atoms with Crippen molar-refractivity contribution in [2.45, 2.75) is 65.3 Å². The van der Waals surface area contributed by atoms with Crippen molar-refractivity contribution in [1.29, 1.82) is 0 Å². The van der Waals surface area contributed by atoms with Gasteiger partial charge in [-0.1, -0.05) is 33.1 Å². The minimum Gasteiger partial charge on any atom is -0.338 e. The van der Waals surface area contributed by atoms with E-state index in [1.165, 1.54) is 4.90 Å². The number of carbonyl (C=O) groups excluding carboxylic acids is 3. The van der Waals surface area contributed by atoms with Crippen molar-refractivity contribution in [3.05, 3.63) is 0 Å². The van der Waals surface area contributed by atoms with Crippen LogP contribution in [-0.4, -0.2) is 53.3 Å². The van der Waals surface area contributed by atoms with Gasteiger partial charge in [0.2, 0.25) is 11.8 Å². The summed E-state index contributed by atoms with van der Waals surface area (Å²) in [4.78, 5) is 38.8. The van der Waals surface area contributed by atoms with Crippen molar-refractivity contribution >= 4 is 17.8 Å². The molecule has 1 heterocycles. The van der Waals surface area contributed by atoms with E-state index in [0.29, 0.717) is 6.54 Å². The lowest BCUT2D eigenvalue weighted by atomic mass is 10.1. The highest BCUT2D eigenvalue weighted by atomic mass is 16.2. The molecule has 22 heavy (non-hydrogen) atoms. The zero-order chi connectivity index (χ0) is 16.5. The quantitative estimate of drug-likeness (QED) is 0.663. The third-order valence-corrected chi connectivity index (χ3v) is 4.03. The van der Waals surface area contributed by atoms with E-state index in [2.05, 4.69) is 26.1 Å². The molecule has 6 nitrogen and oxygen atoms in total. The Hall–Kier alpha value is -1.59. The van der Waals surface area contributed by atoms with Crippen LogP contribution in [0.2, 0.25) is 0 Å². The Balaban J connectivity index is 2.61. The molecule has 1 unspecified atom stereocenters. The van der Waals surface area contributed by atoms with E-state index in [-0.39, 0.29) is 30.8 Å². The van der Waals surface area contributed by atoms with Gasteiger partial charge in [-0.05, 0) is 19.8 Å². The molecule has 126 valence electrons. The topological polar surface area (TPSA) is 69.7 Å². The largest absolute Gasteiger partial charge is 0.338 e. The second-order valence-electron chi connectivity index (χ2n) is 5.96. The summed E-state index contributed by atoms with van der Waals surface area (Å²) in [7, 11) is 0. The molecule has 0 spiro atoms. The van der Waals surface area contributed by atoms with Crippen LogP contribution in [0.15, 0.2) is 0 Å². The number of hydrogen-bond donors (Lipinski definition) is 1. The van der Waals surface area contributed by atoms with Crippen molar-refractivity contribution in [3.8, 4) is 0 Å². The lowest BCUT2D eigenvalue weighted by Crippen LogP contribution is -2.53. The smallest absolute Gasteiger partial charge is 0.324 e. The molecule has 1 rings (SSSR count). The maximum Gasteiger partial charge on any atom is 0.324 e. The molecule has 0 radical (unpaired) electrons. The van der Waals surface area contributed by atoms with Gasteiger partial charge in [0.15, 0.2) is 0 Å². The van der Waals surface area contributed by atoms with E-state index in [1.807, 2.05) is 4.90 Å². The van der Waals surface area contributed by atoms with E-state index in [4.69, 9.17) is 0 Å². The van der Waals surface area contributed by atoms with Crippen LogP contribution in [-0.2, 0) is 9.59 Å². The highest BCUT2D eigenvalue weighted by Crippen LogP contribution is 2.11. The first kappa shape index (κ1) is 18.5. The molecule has 1 saturated heterocycles. The molecule has 1 fully saturated rings. The third-order valence-electron chi connectivity index (χ3n) is 4.03. The summed E-state index contributed by atoms with van der Waals surface area (Å²) in [6.45, 7) is 7.42. The van der Waals surface area contributed by atoms with Gasteiger partial charge in [0.1, 0.15) is 6.54 Å². The highest BCUT2D eigenvalue weighted by molar-refractivity contribution is 5.98. The Labute approximate surface area is 133 Å². The molecular weight excluding hydrogens is 282 g/mol. The molecule has 1 aliphatic rings. The van der Waals surface area contributed by atoms with Gasteiger partial charge in [0.25, 0.3) is 0 Å². The van der Waals surface area contributed by atoms with Crippen LogP contribution in [0.5, 0.6) is 0 Å². The lowest BCUT2D eigenvalue weighted by molar-refractivity contribution is -0.135. The average molecular weight is 311 g/mol. The summed E-state index contributed by atoms with van der Waals surface area (Å²) in [5.41, 5.74) is 0. The molecular formula is C16H29N3O3. The molecule has 1 atom stereocenters. The van der Waals surface area contributed by atoms with Gasteiger partial charge in [-0.25, -0.2) is 4.79 Å². The van der Waals surface area contributed by atoms with Gasteiger partial charge in [0.05, 0.1) is 0 Å². The SMILES string of the molecule is CCCCCN(C(=O)CN1CCC(=O)NC1=O)C(C)CCC. The van der Waals surface area contributed by atoms with Crippen molar-refractivity contribution in [2.24, 2.45) is 0 Å². The summed E-state index contributed by atoms with van der Waals surface area (Å²) in [6.07, 6.45) is 5.45. The Morgan fingerprint density at radius 2 is 2.00 bits per heavy atom. The number of hydrogen-bond acceptors (Lipinski definition) is 3. The third kappa shape index (κ3) is 5.66. The minimum atomic E-state index is -0.457. The second kappa shape index (κ2) is 9.43. The first-order valence-corrected chi connectivity index (χ1v) is 8.37. The van der Waals surface area contributed by atoms with Crippen LogP contribution in [0.25, 0.3) is 0 Å². The number of nitrogens with one attached hydrogen (secondary N) is 1. The molecule has 0 aromatic rings. The molecule has 0 aromatic carbocycles. The fourth-order valence-corrected chi connectivity index (χ4v) is 2.70. The second-order valence-corrected chi connectivity index (χ2v) is 5.96. The van der Waals surface area contributed by atoms with Gasteiger partial charge < -0.3 is 9.80 Å². The average Bonchev–Trinajstić information content (AvgIpc) is 2.46. The molecule has 0 saturated carbocycles. The fourth-order valence-electron chi connectivity index (χ4n) is 2.70. The van der Waals surface area contributed by atoms with Gasteiger partial charge in [-0.3, -0.25) is 14.9 Å². The van der Waals surface area contributed by atoms with E-state index in [9.17, 15) is 14.4 Å².